The summed E-state index contributed by atoms with van der Waals surface area (Å²) in [4.78, 5) is 9.33. The third-order valence-corrected chi connectivity index (χ3v) is 3.80. The lowest BCUT2D eigenvalue weighted by Crippen LogP contribution is -1.99. The third kappa shape index (κ3) is 4.39. The van der Waals surface area contributed by atoms with Crippen LogP contribution in [0.3, 0.4) is 0 Å². The van der Waals surface area contributed by atoms with E-state index in [1.165, 1.54) is 0 Å². The molecule has 0 bridgehead atoms. The van der Waals surface area contributed by atoms with Crippen molar-refractivity contribution < 1.29 is 14.2 Å². The number of nitrogen functional groups attached to an aromatic ring is 1. The zero-order valence-electron chi connectivity index (χ0n) is 14.1. The normalized spacial score (nSPS) is 9.48. The number of methoxy groups -OCH3 is 3. The van der Waals surface area contributed by atoms with Crippen molar-refractivity contribution in [2.24, 2.45) is 0 Å². The van der Waals surface area contributed by atoms with E-state index in [1.54, 1.807) is 21.3 Å². The number of aromatic nitrogens is 2. The number of nitrogens with zero attached hydrogens (tertiary/aromatic N) is 2. The highest BCUT2D eigenvalue weighted by molar-refractivity contribution is 5.82. The molecule has 0 aliphatic carbocycles. The summed E-state index contributed by atoms with van der Waals surface area (Å²) in [5, 5.41) is 0. The number of rotatable bonds is 4. The molecule has 0 spiro atoms. The van der Waals surface area contributed by atoms with E-state index in [9.17, 15) is 0 Å². The fourth-order valence-electron chi connectivity index (χ4n) is 2.65. The third-order valence-electron chi connectivity index (χ3n) is 3.80. The van der Waals surface area contributed by atoms with Gasteiger partial charge in [0.05, 0.1) is 43.8 Å². The van der Waals surface area contributed by atoms with Gasteiger partial charge in [-0.15, -0.1) is 0 Å². The van der Waals surface area contributed by atoms with Crippen molar-refractivity contribution in [1.29, 1.82) is 0 Å². The number of benzene rings is 2. The van der Waals surface area contributed by atoms with Crippen LogP contribution in [0.1, 0.15) is 28.0 Å². The van der Waals surface area contributed by atoms with Gasteiger partial charge in [-0.05, 0) is 37.3 Å². The minimum atomic E-state index is 0. The minimum absolute atomic E-state index is 0. The highest BCUT2D eigenvalue weighted by Crippen LogP contribution is 2.41. The number of nitrogens with two attached hydrogens (primary N) is 1. The molecule has 0 saturated carbocycles. The van der Waals surface area contributed by atoms with E-state index in [4.69, 9.17) is 24.9 Å². The van der Waals surface area contributed by atoms with Gasteiger partial charge in [-0.3, -0.25) is 0 Å². The van der Waals surface area contributed by atoms with Crippen LogP contribution in [0.15, 0.2) is 30.3 Å². The molecule has 6 heteroatoms. The molecule has 0 amide bonds. The van der Waals surface area contributed by atoms with Crippen molar-refractivity contribution >= 4 is 16.7 Å². The summed E-state index contributed by atoms with van der Waals surface area (Å²) >= 11 is 0. The Morgan fingerprint density at radius 3 is 1.89 bits per heavy atom. The zero-order chi connectivity index (χ0) is 17.3. The van der Waals surface area contributed by atoms with Crippen molar-refractivity contribution in [2.45, 2.75) is 29.2 Å². The summed E-state index contributed by atoms with van der Waals surface area (Å²) in [6.07, 6.45) is 0. The molecule has 0 saturated heterocycles. The molecule has 27 heavy (non-hydrogen) atoms. The van der Waals surface area contributed by atoms with Crippen LogP contribution >= 0.6 is 0 Å². The lowest BCUT2D eigenvalue weighted by Gasteiger charge is -2.15. The van der Waals surface area contributed by atoms with Gasteiger partial charge in [0.25, 0.3) is 0 Å². The molecule has 3 aromatic rings. The summed E-state index contributed by atoms with van der Waals surface area (Å²) < 4.78 is 16.2. The van der Waals surface area contributed by atoms with E-state index >= 15 is 0 Å². The number of anilines is 1. The Morgan fingerprint density at radius 2 is 1.37 bits per heavy atom. The Labute approximate surface area is 162 Å². The summed E-state index contributed by atoms with van der Waals surface area (Å²) in [5.41, 5.74) is 10.4. The Kier molecular flexibility index (Phi) is 8.54. The largest absolute Gasteiger partial charge is 0.493 e. The van der Waals surface area contributed by atoms with Crippen LogP contribution in [0.2, 0.25) is 0 Å². The molecule has 3 rings (SSSR count). The topological polar surface area (TPSA) is 79.5 Å². The van der Waals surface area contributed by atoms with Gasteiger partial charge in [-0.2, -0.15) is 0 Å². The van der Waals surface area contributed by atoms with Crippen molar-refractivity contribution in [3.8, 4) is 28.5 Å². The van der Waals surface area contributed by atoms with Crippen LogP contribution in [-0.2, 0) is 0 Å². The molecular formula is C21H31N3O3. The first-order chi connectivity index (χ1) is 11.6. The smallest absolute Gasteiger partial charge is 0.203 e. The summed E-state index contributed by atoms with van der Waals surface area (Å²) in [6.45, 7) is 1.92. The van der Waals surface area contributed by atoms with Crippen molar-refractivity contribution in [3.05, 3.63) is 36.0 Å². The van der Waals surface area contributed by atoms with Crippen molar-refractivity contribution in [2.75, 3.05) is 27.1 Å². The van der Waals surface area contributed by atoms with Crippen LogP contribution in [0, 0.1) is 6.92 Å². The van der Waals surface area contributed by atoms with Crippen molar-refractivity contribution in [3.63, 3.8) is 0 Å². The van der Waals surface area contributed by atoms with E-state index < -0.39 is 0 Å². The molecule has 2 aromatic carbocycles. The van der Waals surface area contributed by atoms with E-state index in [2.05, 4.69) is 4.98 Å². The molecule has 1 heterocycles. The average molecular weight is 373 g/mol. The minimum Gasteiger partial charge on any atom is -0.493 e. The standard InChI is InChI=1S/C18H19N3O3.3CH4/c1-10-17(21-14-9-12(19)5-6-13(14)20-10)11-7-15(22-2)18(24-4)16(8-11)23-3;;;/h5-9H,19H2,1-4H3;3*1H4. The molecule has 0 radical (unpaired) electrons. The first kappa shape index (κ1) is 24.0. The molecule has 0 aliphatic rings. The second-order valence-corrected chi connectivity index (χ2v) is 5.32. The highest BCUT2D eigenvalue weighted by Gasteiger charge is 2.16. The Balaban J connectivity index is 0.00000225. The van der Waals surface area contributed by atoms with Crippen LogP contribution in [0.5, 0.6) is 17.2 Å². The van der Waals surface area contributed by atoms with Crippen molar-refractivity contribution in [1.82, 2.24) is 9.97 Å². The van der Waals surface area contributed by atoms with E-state index in [-0.39, 0.29) is 22.3 Å². The molecule has 148 valence electrons. The Hall–Kier alpha value is -3.02. The Morgan fingerprint density at radius 1 is 0.778 bits per heavy atom. The fraction of sp³-hybridized carbons (Fsp3) is 0.333. The monoisotopic (exact) mass is 373 g/mol. The highest BCUT2D eigenvalue weighted by atomic mass is 16.5. The van der Waals surface area contributed by atoms with Gasteiger partial charge in [0.15, 0.2) is 11.5 Å². The molecule has 0 aliphatic heterocycles. The second kappa shape index (κ2) is 9.62. The van der Waals surface area contributed by atoms with E-state index in [1.807, 2.05) is 37.3 Å². The van der Waals surface area contributed by atoms with Crippen LogP contribution in [0.25, 0.3) is 22.3 Å². The number of hydrogen-bond donors (Lipinski definition) is 1. The first-order valence-electron chi connectivity index (χ1n) is 7.41. The molecular weight excluding hydrogens is 342 g/mol. The van der Waals surface area contributed by atoms with Gasteiger partial charge in [0, 0.05) is 11.3 Å². The fourth-order valence-corrected chi connectivity index (χ4v) is 2.65. The van der Waals surface area contributed by atoms with Gasteiger partial charge >= 0.3 is 0 Å². The molecule has 2 N–H and O–H groups in total. The lowest BCUT2D eigenvalue weighted by atomic mass is 10.1. The predicted octanol–water partition coefficient (Wildman–Crippen LogP) is 5.12. The van der Waals surface area contributed by atoms with Gasteiger partial charge < -0.3 is 19.9 Å². The number of ether oxygens (including phenoxy) is 3. The van der Waals surface area contributed by atoms with Gasteiger partial charge in [-0.25, -0.2) is 9.97 Å². The zero-order valence-corrected chi connectivity index (χ0v) is 14.1. The predicted molar refractivity (Wildman–Crippen MR) is 114 cm³/mol. The number of aryl methyl sites for hydroxylation is 1. The van der Waals surface area contributed by atoms with E-state index in [0.717, 1.165) is 28.0 Å². The van der Waals surface area contributed by atoms with Gasteiger partial charge in [0.2, 0.25) is 5.75 Å². The van der Waals surface area contributed by atoms with Gasteiger partial charge in [-0.1, -0.05) is 22.3 Å². The molecule has 0 atom stereocenters. The van der Waals surface area contributed by atoms with Crippen LogP contribution in [-0.4, -0.2) is 31.3 Å². The molecule has 0 unspecified atom stereocenters. The Bertz CT molecular complexity index is 886. The SMILES string of the molecule is C.C.C.COc1cc(-c2nc3cc(N)ccc3nc2C)cc(OC)c1OC. The van der Waals surface area contributed by atoms with Crippen LogP contribution < -0.4 is 19.9 Å². The summed E-state index contributed by atoms with van der Waals surface area (Å²) in [6, 6.07) is 9.20. The number of hydrogen-bond acceptors (Lipinski definition) is 6. The molecule has 0 fully saturated rings. The molecule has 1 aromatic heterocycles. The lowest BCUT2D eigenvalue weighted by molar-refractivity contribution is 0.324. The molecule has 6 nitrogen and oxygen atoms in total. The first-order valence-corrected chi connectivity index (χ1v) is 7.41. The maximum Gasteiger partial charge on any atom is 0.203 e. The maximum absolute atomic E-state index is 5.86. The second-order valence-electron chi connectivity index (χ2n) is 5.32. The van der Waals surface area contributed by atoms with Crippen LogP contribution in [0.4, 0.5) is 5.69 Å². The maximum atomic E-state index is 5.86. The quantitative estimate of drug-likeness (QED) is 0.639. The summed E-state index contributed by atoms with van der Waals surface area (Å²) in [7, 11) is 4.74. The van der Waals surface area contributed by atoms with E-state index in [0.29, 0.717) is 22.9 Å². The number of fused-ring (bicyclic) bond motifs is 1. The average Bonchev–Trinajstić information content (AvgIpc) is 2.60. The summed E-state index contributed by atoms with van der Waals surface area (Å²) in [5.74, 6) is 1.68. The van der Waals surface area contributed by atoms with Gasteiger partial charge in [0.1, 0.15) is 0 Å².